The number of nitrogens with one attached hydrogen (secondary N) is 1. The molecule has 0 radical (unpaired) electrons. The van der Waals surface area contributed by atoms with Crippen molar-refractivity contribution < 1.29 is 22.6 Å². The van der Waals surface area contributed by atoms with Crippen molar-refractivity contribution in [2.24, 2.45) is 0 Å². The number of sulfonamides is 1. The summed E-state index contributed by atoms with van der Waals surface area (Å²) in [6, 6.07) is 11.8. The third-order valence-corrected chi connectivity index (χ3v) is 5.43. The molecule has 8 nitrogen and oxygen atoms in total. The molecule has 0 aliphatic heterocycles. The van der Waals surface area contributed by atoms with Crippen LogP contribution in [0.5, 0.6) is 17.4 Å². The molecular weight excluding hydrogens is 394 g/mol. The summed E-state index contributed by atoms with van der Waals surface area (Å²) >= 11 is 0. The van der Waals surface area contributed by atoms with Gasteiger partial charge in [-0.2, -0.15) is 0 Å². The lowest BCUT2D eigenvalue weighted by Gasteiger charge is -2.14. The van der Waals surface area contributed by atoms with Crippen molar-refractivity contribution in [3.63, 3.8) is 0 Å². The third-order valence-electron chi connectivity index (χ3n) is 4.08. The Morgan fingerprint density at radius 1 is 0.966 bits per heavy atom. The van der Waals surface area contributed by atoms with E-state index in [9.17, 15) is 8.42 Å². The van der Waals surface area contributed by atoms with Crippen LogP contribution in [0.1, 0.15) is 11.1 Å². The highest BCUT2D eigenvalue weighted by Gasteiger charge is 2.18. The summed E-state index contributed by atoms with van der Waals surface area (Å²) < 4.78 is 44.0. The third kappa shape index (κ3) is 4.94. The molecule has 0 saturated carbocycles. The second kappa shape index (κ2) is 8.78. The Kier molecular flexibility index (Phi) is 6.18. The fourth-order valence-corrected chi connectivity index (χ4v) is 3.55. The van der Waals surface area contributed by atoms with E-state index in [0.717, 1.165) is 5.56 Å². The van der Waals surface area contributed by atoms with Crippen LogP contribution < -0.4 is 18.9 Å². The Morgan fingerprint density at radius 2 is 1.69 bits per heavy atom. The van der Waals surface area contributed by atoms with Crippen LogP contribution in [0.4, 0.5) is 5.82 Å². The molecule has 0 aliphatic rings. The lowest BCUT2D eigenvalue weighted by molar-refractivity contribution is 0.285. The van der Waals surface area contributed by atoms with Gasteiger partial charge in [0.05, 0.1) is 19.1 Å². The van der Waals surface area contributed by atoms with Crippen LogP contribution in [0.3, 0.4) is 0 Å². The first-order valence-electron chi connectivity index (χ1n) is 8.67. The molecule has 3 rings (SSSR count). The van der Waals surface area contributed by atoms with Crippen LogP contribution in [0.2, 0.25) is 0 Å². The quantitative estimate of drug-likeness (QED) is 0.603. The average molecular weight is 415 g/mol. The molecule has 0 spiro atoms. The van der Waals surface area contributed by atoms with Crippen LogP contribution in [-0.4, -0.2) is 32.6 Å². The summed E-state index contributed by atoms with van der Waals surface area (Å²) in [4.78, 5) is 8.28. The minimum Gasteiger partial charge on any atom is -0.497 e. The molecule has 0 aliphatic carbocycles. The molecule has 1 aromatic heterocycles. The van der Waals surface area contributed by atoms with E-state index >= 15 is 0 Å². The van der Waals surface area contributed by atoms with E-state index in [0.29, 0.717) is 17.1 Å². The van der Waals surface area contributed by atoms with Gasteiger partial charge in [0.1, 0.15) is 18.1 Å². The molecule has 0 saturated heterocycles. The topological polar surface area (TPSA) is 99.6 Å². The second-order valence-electron chi connectivity index (χ2n) is 6.10. The van der Waals surface area contributed by atoms with Gasteiger partial charge in [-0.05, 0) is 37.3 Å². The predicted molar refractivity (Wildman–Crippen MR) is 108 cm³/mol. The first-order valence-corrected chi connectivity index (χ1v) is 10.2. The summed E-state index contributed by atoms with van der Waals surface area (Å²) in [5.74, 6) is 1.29. The minimum absolute atomic E-state index is 0.00469. The first-order chi connectivity index (χ1) is 13.9. The fraction of sp³-hybridized carbons (Fsp3) is 0.200. The largest absolute Gasteiger partial charge is 0.497 e. The molecule has 0 bridgehead atoms. The Balaban J connectivity index is 1.82. The van der Waals surface area contributed by atoms with E-state index in [1.165, 1.54) is 24.5 Å². The Hall–Kier alpha value is -3.33. The molecule has 9 heteroatoms. The maximum absolute atomic E-state index is 12.7. The van der Waals surface area contributed by atoms with Crippen molar-refractivity contribution >= 4 is 15.8 Å². The van der Waals surface area contributed by atoms with Crippen molar-refractivity contribution in [1.29, 1.82) is 0 Å². The zero-order valence-electron chi connectivity index (χ0n) is 16.2. The zero-order valence-corrected chi connectivity index (χ0v) is 17.1. The van der Waals surface area contributed by atoms with E-state index in [-0.39, 0.29) is 23.2 Å². The van der Waals surface area contributed by atoms with Gasteiger partial charge < -0.3 is 14.2 Å². The van der Waals surface area contributed by atoms with Crippen molar-refractivity contribution in [1.82, 2.24) is 9.97 Å². The number of aryl methyl sites for hydroxylation is 1. The Morgan fingerprint density at radius 3 is 2.38 bits per heavy atom. The van der Waals surface area contributed by atoms with Gasteiger partial charge >= 0.3 is 0 Å². The van der Waals surface area contributed by atoms with Gasteiger partial charge in [0, 0.05) is 18.0 Å². The van der Waals surface area contributed by atoms with Crippen LogP contribution in [-0.2, 0) is 16.6 Å². The summed E-state index contributed by atoms with van der Waals surface area (Å²) in [6.07, 6.45) is 2.80. The molecule has 3 aromatic rings. The van der Waals surface area contributed by atoms with Gasteiger partial charge in [-0.1, -0.05) is 17.7 Å². The monoisotopic (exact) mass is 415 g/mol. The fourth-order valence-electron chi connectivity index (χ4n) is 2.55. The van der Waals surface area contributed by atoms with Crippen LogP contribution in [0.15, 0.2) is 59.8 Å². The number of benzene rings is 2. The highest BCUT2D eigenvalue weighted by atomic mass is 32.2. The number of anilines is 1. The maximum atomic E-state index is 12.7. The van der Waals surface area contributed by atoms with Crippen LogP contribution in [0, 0.1) is 6.92 Å². The number of nitrogens with zero attached hydrogens (tertiary/aromatic N) is 2. The number of methoxy groups -OCH3 is 2. The molecule has 1 heterocycles. The number of aromatic nitrogens is 2. The van der Waals surface area contributed by atoms with E-state index in [1.807, 2.05) is 6.92 Å². The Labute approximate surface area is 169 Å². The van der Waals surface area contributed by atoms with Gasteiger partial charge in [0.25, 0.3) is 15.9 Å². The number of ether oxygens (including phenoxy) is 3. The first kappa shape index (κ1) is 20.4. The molecule has 29 heavy (non-hydrogen) atoms. The van der Waals surface area contributed by atoms with Crippen LogP contribution >= 0.6 is 0 Å². The number of rotatable bonds is 8. The molecule has 1 N–H and O–H groups in total. The molecule has 0 atom stereocenters. The van der Waals surface area contributed by atoms with Gasteiger partial charge in [-0.15, -0.1) is 0 Å². The lowest BCUT2D eigenvalue weighted by Crippen LogP contribution is -2.15. The van der Waals surface area contributed by atoms with Crippen molar-refractivity contribution in [3.8, 4) is 17.4 Å². The molecule has 0 unspecified atom stereocenters. The number of hydrogen-bond donors (Lipinski definition) is 1. The average Bonchev–Trinajstić information content (AvgIpc) is 2.73. The highest BCUT2D eigenvalue weighted by Crippen LogP contribution is 2.27. The SMILES string of the molecule is COc1ccc(OC)c(COc2nccnc2NS(=O)(=O)c2ccc(C)cc2)c1. The van der Waals surface area contributed by atoms with Gasteiger partial charge in [0.15, 0.2) is 0 Å². The summed E-state index contributed by atoms with van der Waals surface area (Å²) in [5, 5.41) is 0. The van der Waals surface area contributed by atoms with E-state index in [2.05, 4.69) is 14.7 Å². The molecule has 0 amide bonds. The van der Waals surface area contributed by atoms with Gasteiger partial charge in [-0.25, -0.2) is 18.4 Å². The van der Waals surface area contributed by atoms with Crippen LogP contribution in [0.25, 0.3) is 0 Å². The predicted octanol–water partition coefficient (Wildman–Crippen LogP) is 3.18. The summed E-state index contributed by atoms with van der Waals surface area (Å²) in [6.45, 7) is 1.96. The minimum atomic E-state index is -3.84. The van der Waals surface area contributed by atoms with E-state index in [4.69, 9.17) is 14.2 Å². The maximum Gasteiger partial charge on any atom is 0.263 e. The van der Waals surface area contributed by atoms with E-state index in [1.54, 1.807) is 44.6 Å². The number of hydrogen-bond acceptors (Lipinski definition) is 7. The summed E-state index contributed by atoms with van der Waals surface area (Å²) in [7, 11) is -0.723. The summed E-state index contributed by atoms with van der Waals surface area (Å²) in [5.41, 5.74) is 1.67. The van der Waals surface area contributed by atoms with Crippen molar-refractivity contribution in [3.05, 3.63) is 66.0 Å². The Bertz CT molecular complexity index is 1090. The lowest BCUT2D eigenvalue weighted by atomic mass is 10.2. The smallest absolute Gasteiger partial charge is 0.263 e. The molecular formula is C20H21N3O5S. The van der Waals surface area contributed by atoms with Crippen molar-refractivity contribution in [2.45, 2.75) is 18.4 Å². The van der Waals surface area contributed by atoms with Crippen molar-refractivity contribution in [2.75, 3.05) is 18.9 Å². The van der Waals surface area contributed by atoms with Gasteiger partial charge in [-0.3, -0.25) is 4.72 Å². The molecule has 152 valence electrons. The second-order valence-corrected chi connectivity index (χ2v) is 7.78. The highest BCUT2D eigenvalue weighted by molar-refractivity contribution is 7.92. The standard InChI is InChI=1S/C20H21N3O5S/c1-14-4-7-17(8-5-14)29(24,25)23-19-20(22-11-10-21-19)28-13-15-12-16(26-2)6-9-18(15)27-3/h4-12H,13H2,1-3H3,(H,21,23). The molecule has 2 aromatic carbocycles. The molecule has 0 fully saturated rings. The zero-order chi connectivity index (χ0) is 20.9. The van der Waals surface area contributed by atoms with Gasteiger partial charge in [0.2, 0.25) is 5.82 Å². The van der Waals surface area contributed by atoms with E-state index < -0.39 is 10.0 Å². The normalized spacial score (nSPS) is 11.0.